The van der Waals surface area contributed by atoms with Crippen LogP contribution < -0.4 is 5.19 Å². The maximum Gasteiger partial charge on any atom is 0.121 e. The number of nitrogens with zero attached hydrogens (tertiary/aromatic N) is 2. The molecule has 0 unspecified atom stereocenters. The molecule has 0 bridgehead atoms. The maximum atomic E-state index is 6.29. The van der Waals surface area contributed by atoms with Gasteiger partial charge in [0.25, 0.3) is 0 Å². The summed E-state index contributed by atoms with van der Waals surface area (Å²) in [5.41, 5.74) is 12.8. The Morgan fingerprint density at radius 1 is 0.632 bits per heavy atom. The Morgan fingerprint density at radius 2 is 1.32 bits per heavy atom. The fraction of sp³-hybridized carbons (Fsp3) is 0.346. The maximum absolute atomic E-state index is 6.29. The van der Waals surface area contributed by atoms with Gasteiger partial charge >= 0.3 is 0 Å². The van der Waals surface area contributed by atoms with E-state index >= 15 is 0 Å². The van der Waals surface area contributed by atoms with Crippen LogP contribution in [0.3, 0.4) is 0 Å². The summed E-state index contributed by atoms with van der Waals surface area (Å²) in [5, 5.41) is 3.76. The summed E-state index contributed by atoms with van der Waals surface area (Å²) in [4.78, 5) is 9.37. The van der Waals surface area contributed by atoms with E-state index in [1.165, 1.54) is 97.2 Å². The van der Waals surface area contributed by atoms with Crippen molar-refractivity contribution in [3.8, 4) is 33.6 Å². The number of fused-ring (bicyclic) bond motifs is 3. The standard InChI is InChI=1S/C35H34NO.C17H22NSi.Ir/c1-3-7-24(8-4-1)26-11-13-27(14-12-26)28-15-17-31-32-21-30(16-18-34(32)37-35(31)23-28)33-22-29(19-20-36-33)25-9-5-2-6-10-25;1-13(2)15-11-16(14-9-7-6-8-10-14)18-12-17(15)19(3,4)5;/h11-15,17-25H,1-10H2;6-9,11-13H,1-5H3;/q2*-1;. The second-order valence-corrected chi connectivity index (χ2v) is 22.6. The number of rotatable bonds is 7. The van der Waals surface area contributed by atoms with Crippen molar-refractivity contribution < 1.29 is 24.5 Å². The molecule has 1 radical (unpaired) electrons. The normalized spacial score (nSPS) is 15.3. The summed E-state index contributed by atoms with van der Waals surface area (Å²) in [5.74, 6) is 1.94. The van der Waals surface area contributed by atoms with Crippen LogP contribution in [0.1, 0.15) is 112 Å². The third-order valence-corrected chi connectivity index (χ3v) is 14.2. The second kappa shape index (κ2) is 18.2. The zero-order valence-corrected chi connectivity index (χ0v) is 37.7. The smallest absolute Gasteiger partial charge is 0.121 e. The van der Waals surface area contributed by atoms with Crippen LogP contribution in [0.5, 0.6) is 0 Å². The molecule has 5 heteroatoms. The number of benzene rings is 4. The van der Waals surface area contributed by atoms with E-state index < -0.39 is 8.07 Å². The molecule has 3 heterocycles. The zero-order valence-electron chi connectivity index (χ0n) is 34.3. The van der Waals surface area contributed by atoms with Crippen molar-refractivity contribution in [3.05, 3.63) is 138 Å². The first-order chi connectivity index (χ1) is 27.2. The molecular weight excluding hydrogens is 889 g/mol. The first-order valence-corrected chi connectivity index (χ1v) is 24.6. The van der Waals surface area contributed by atoms with E-state index in [0.717, 1.165) is 50.4 Å². The molecule has 0 spiro atoms. The van der Waals surface area contributed by atoms with E-state index in [1.54, 1.807) is 0 Å². The van der Waals surface area contributed by atoms with E-state index in [2.05, 4.69) is 130 Å². The van der Waals surface area contributed by atoms with Gasteiger partial charge in [-0.3, -0.25) is 0 Å². The van der Waals surface area contributed by atoms with Gasteiger partial charge in [0, 0.05) is 37.9 Å². The van der Waals surface area contributed by atoms with Gasteiger partial charge in [-0.25, -0.2) is 0 Å². The molecule has 2 aliphatic rings. The van der Waals surface area contributed by atoms with Crippen LogP contribution in [0, 0.1) is 12.1 Å². The molecular formula is C52H56IrN2OSi-2. The molecule has 0 saturated heterocycles. The monoisotopic (exact) mass is 945 g/mol. The summed E-state index contributed by atoms with van der Waals surface area (Å²) in [6.45, 7) is 11.7. The van der Waals surface area contributed by atoms with Gasteiger partial charge in [-0.05, 0) is 88.8 Å². The molecule has 0 N–H and O–H groups in total. The van der Waals surface area contributed by atoms with Gasteiger partial charge in [0.2, 0.25) is 0 Å². The molecule has 57 heavy (non-hydrogen) atoms. The van der Waals surface area contributed by atoms with Crippen molar-refractivity contribution >= 4 is 35.2 Å². The molecule has 2 saturated carbocycles. The molecule has 4 aromatic carbocycles. The van der Waals surface area contributed by atoms with Crippen LogP contribution in [0.15, 0.2) is 114 Å². The van der Waals surface area contributed by atoms with Gasteiger partial charge < -0.3 is 14.4 Å². The fourth-order valence-corrected chi connectivity index (χ4v) is 10.7. The first-order valence-electron chi connectivity index (χ1n) is 21.1. The third-order valence-electron chi connectivity index (χ3n) is 12.2. The molecule has 2 aliphatic carbocycles. The molecule has 3 aromatic heterocycles. The average molecular weight is 945 g/mol. The van der Waals surface area contributed by atoms with Gasteiger partial charge in [0.15, 0.2) is 0 Å². The van der Waals surface area contributed by atoms with Crippen LogP contribution in [0.2, 0.25) is 19.6 Å². The Hall–Kier alpha value is -4.15. The van der Waals surface area contributed by atoms with Gasteiger partial charge in [-0.15, -0.1) is 59.7 Å². The average Bonchev–Trinajstić information content (AvgIpc) is 3.62. The summed E-state index contributed by atoms with van der Waals surface area (Å²) in [6.07, 6.45) is 17.5. The van der Waals surface area contributed by atoms with Crippen molar-refractivity contribution in [2.45, 2.75) is 115 Å². The summed E-state index contributed by atoms with van der Waals surface area (Å²) in [7, 11) is -1.34. The van der Waals surface area contributed by atoms with Crippen molar-refractivity contribution in [2.24, 2.45) is 0 Å². The molecule has 0 atom stereocenters. The number of aromatic nitrogens is 2. The van der Waals surface area contributed by atoms with Crippen molar-refractivity contribution in [3.63, 3.8) is 0 Å². The first kappa shape index (κ1) is 41.0. The minimum Gasteiger partial charge on any atom is -0.500 e. The predicted octanol–water partition coefficient (Wildman–Crippen LogP) is 14.4. The second-order valence-electron chi connectivity index (χ2n) is 17.5. The number of pyridine rings is 2. The molecule has 9 rings (SSSR count). The van der Waals surface area contributed by atoms with Crippen molar-refractivity contribution in [1.29, 1.82) is 0 Å². The third kappa shape index (κ3) is 9.44. The van der Waals surface area contributed by atoms with Crippen molar-refractivity contribution in [1.82, 2.24) is 9.97 Å². The van der Waals surface area contributed by atoms with Crippen molar-refractivity contribution in [2.75, 3.05) is 0 Å². The largest absolute Gasteiger partial charge is 0.500 e. The topological polar surface area (TPSA) is 38.9 Å². The molecule has 295 valence electrons. The van der Waals surface area contributed by atoms with Crippen LogP contribution in [-0.2, 0) is 20.1 Å². The quantitative estimate of drug-likeness (QED) is 0.118. The van der Waals surface area contributed by atoms with Crippen LogP contribution in [0.25, 0.3) is 55.6 Å². The Labute approximate surface area is 355 Å². The van der Waals surface area contributed by atoms with Crippen LogP contribution >= 0.6 is 0 Å². The minimum atomic E-state index is -1.34. The van der Waals surface area contributed by atoms with Crippen LogP contribution in [0.4, 0.5) is 0 Å². The van der Waals surface area contributed by atoms with E-state index in [4.69, 9.17) is 9.40 Å². The van der Waals surface area contributed by atoms with Gasteiger partial charge in [0.05, 0.1) is 13.7 Å². The van der Waals surface area contributed by atoms with Crippen LogP contribution in [-0.4, -0.2) is 18.0 Å². The molecule has 7 aromatic rings. The van der Waals surface area contributed by atoms with E-state index in [0.29, 0.717) is 11.8 Å². The van der Waals surface area contributed by atoms with Gasteiger partial charge in [-0.1, -0.05) is 137 Å². The number of hydrogen-bond acceptors (Lipinski definition) is 3. The SMILES string of the molecule is CC(C)c1cc(-c2[c-]cccc2)ncc1[Si](C)(C)C.[Ir].[c-]1cc2oc3cc(-c4ccc(C5CCCCC5)cc4)ccc3c2cc1-c1cc(C2CCCCC2)ccn1. The fourth-order valence-electron chi connectivity index (χ4n) is 8.99. The Kier molecular flexibility index (Phi) is 13.1. The van der Waals surface area contributed by atoms with E-state index in [1.807, 2.05) is 30.5 Å². The zero-order chi connectivity index (χ0) is 38.6. The summed E-state index contributed by atoms with van der Waals surface area (Å²) >= 11 is 0. The summed E-state index contributed by atoms with van der Waals surface area (Å²) in [6, 6.07) is 41.5. The van der Waals surface area contributed by atoms with Gasteiger partial charge in [0.1, 0.15) is 5.58 Å². The summed E-state index contributed by atoms with van der Waals surface area (Å²) < 4.78 is 6.29. The Morgan fingerprint density at radius 3 is 1.98 bits per heavy atom. The molecule has 0 amide bonds. The number of furan rings is 1. The molecule has 3 nitrogen and oxygen atoms in total. The Balaban J connectivity index is 0.000000211. The Bertz CT molecular complexity index is 2400. The van der Waals surface area contributed by atoms with E-state index in [-0.39, 0.29) is 20.1 Å². The van der Waals surface area contributed by atoms with E-state index in [9.17, 15) is 0 Å². The molecule has 2 fully saturated rings. The van der Waals surface area contributed by atoms with Gasteiger partial charge in [-0.2, -0.15) is 0 Å². The minimum absolute atomic E-state index is 0. The number of hydrogen-bond donors (Lipinski definition) is 0. The molecule has 0 aliphatic heterocycles. The predicted molar refractivity (Wildman–Crippen MR) is 238 cm³/mol.